The number of rotatable bonds is 3. The molecule has 4 heteroatoms. The number of nitrogens with one attached hydrogen (secondary N) is 1. The van der Waals surface area contributed by atoms with Crippen molar-refractivity contribution in [2.45, 2.75) is 25.7 Å². The van der Waals surface area contributed by atoms with Crippen LogP contribution in [0.25, 0.3) is 11.3 Å². The summed E-state index contributed by atoms with van der Waals surface area (Å²) in [5.74, 6) is 1.21. The minimum atomic E-state index is 0.132. The van der Waals surface area contributed by atoms with E-state index in [0.717, 1.165) is 22.0 Å². The Morgan fingerprint density at radius 1 is 1.04 bits per heavy atom. The quantitative estimate of drug-likeness (QED) is 0.688. The first kappa shape index (κ1) is 15.3. The molecular weight excluding hydrogens is 318 g/mol. The molecule has 0 spiro atoms. The third-order valence-corrected chi connectivity index (χ3v) is 5.38. The average Bonchev–Trinajstić information content (AvgIpc) is 2.93. The average molecular weight is 338 g/mol. The summed E-state index contributed by atoms with van der Waals surface area (Å²) in [6, 6.07) is 18.4. The van der Waals surface area contributed by atoms with Crippen LogP contribution >= 0.6 is 11.6 Å². The van der Waals surface area contributed by atoms with Gasteiger partial charge in [0.25, 0.3) is 0 Å². The molecule has 0 aliphatic heterocycles. The van der Waals surface area contributed by atoms with Crippen molar-refractivity contribution in [1.82, 2.24) is 9.97 Å². The minimum absolute atomic E-state index is 0.132. The van der Waals surface area contributed by atoms with Gasteiger partial charge in [0.2, 0.25) is 0 Å². The van der Waals surface area contributed by atoms with Gasteiger partial charge < -0.3 is 10.7 Å². The summed E-state index contributed by atoms with van der Waals surface area (Å²) in [6.07, 6.45) is 0. The van der Waals surface area contributed by atoms with Crippen LogP contribution in [0.3, 0.4) is 0 Å². The number of H-pyrrole nitrogens is 1. The summed E-state index contributed by atoms with van der Waals surface area (Å²) in [4.78, 5) is 7.86. The molecular formula is C20H20ClN3. The summed E-state index contributed by atoms with van der Waals surface area (Å²) in [7, 11) is 0. The molecule has 122 valence electrons. The largest absolute Gasteiger partial charge is 0.369 e. The van der Waals surface area contributed by atoms with E-state index in [0.29, 0.717) is 17.8 Å². The topological polar surface area (TPSA) is 54.7 Å². The number of benzene rings is 2. The number of nitrogens with two attached hydrogens (primary N) is 1. The molecule has 1 fully saturated rings. The second-order valence-corrected chi connectivity index (χ2v) is 7.52. The van der Waals surface area contributed by atoms with E-state index >= 15 is 0 Å². The van der Waals surface area contributed by atoms with Gasteiger partial charge in [0.1, 0.15) is 0 Å². The van der Waals surface area contributed by atoms with Gasteiger partial charge >= 0.3 is 0 Å². The molecule has 24 heavy (non-hydrogen) atoms. The number of anilines is 1. The van der Waals surface area contributed by atoms with Gasteiger partial charge in [-0.15, -0.1) is 0 Å². The Morgan fingerprint density at radius 3 is 2.50 bits per heavy atom. The highest BCUT2D eigenvalue weighted by Gasteiger charge is 2.60. The third kappa shape index (κ3) is 2.40. The first-order valence-corrected chi connectivity index (χ1v) is 8.52. The zero-order chi connectivity index (χ0) is 16.9. The number of aromatic nitrogens is 2. The maximum Gasteiger partial charge on any atom is 0.198 e. The van der Waals surface area contributed by atoms with E-state index < -0.39 is 0 Å². The van der Waals surface area contributed by atoms with Gasteiger partial charge in [-0.3, -0.25) is 0 Å². The first-order chi connectivity index (χ1) is 11.5. The lowest BCUT2D eigenvalue weighted by Crippen LogP contribution is -1.93. The summed E-state index contributed by atoms with van der Waals surface area (Å²) in [6.45, 7) is 4.57. The number of nitrogens with zero attached hydrogens (tertiary/aromatic N) is 1. The van der Waals surface area contributed by atoms with E-state index in [2.05, 4.69) is 48.1 Å². The van der Waals surface area contributed by atoms with Gasteiger partial charge in [0.15, 0.2) is 5.95 Å². The Hall–Kier alpha value is -2.26. The fourth-order valence-corrected chi connectivity index (χ4v) is 4.14. The molecule has 2 atom stereocenters. The molecule has 3 aromatic rings. The molecule has 1 aromatic heterocycles. The predicted octanol–water partition coefficient (Wildman–Crippen LogP) is 5.22. The molecule has 1 heterocycles. The maximum atomic E-state index is 6.19. The van der Waals surface area contributed by atoms with Crippen LogP contribution < -0.4 is 5.73 Å². The first-order valence-electron chi connectivity index (χ1n) is 8.14. The van der Waals surface area contributed by atoms with Crippen LogP contribution in [-0.4, -0.2) is 9.97 Å². The number of halogens is 1. The number of hydrogen-bond donors (Lipinski definition) is 2. The molecule has 3 N–H and O–H groups in total. The zero-order valence-corrected chi connectivity index (χ0v) is 14.5. The van der Waals surface area contributed by atoms with Crippen LogP contribution in [0.5, 0.6) is 0 Å². The lowest BCUT2D eigenvalue weighted by atomic mass is 10.0. The Kier molecular flexibility index (Phi) is 3.43. The smallest absolute Gasteiger partial charge is 0.198 e. The molecule has 1 aliphatic carbocycles. The molecule has 2 unspecified atom stereocenters. The number of imidazole rings is 1. The molecule has 0 saturated heterocycles. The number of aromatic amines is 1. The molecule has 3 nitrogen and oxygen atoms in total. The zero-order valence-electron chi connectivity index (χ0n) is 13.8. The Balaban J connectivity index is 1.78. The van der Waals surface area contributed by atoms with Gasteiger partial charge in [-0.1, -0.05) is 67.9 Å². The predicted molar refractivity (Wildman–Crippen MR) is 99.2 cm³/mol. The van der Waals surface area contributed by atoms with Crippen LogP contribution in [0, 0.1) is 5.41 Å². The van der Waals surface area contributed by atoms with Crippen molar-refractivity contribution < 1.29 is 0 Å². The Labute approximate surface area is 146 Å². The Morgan fingerprint density at radius 2 is 1.79 bits per heavy atom. The van der Waals surface area contributed by atoms with Gasteiger partial charge in [-0.2, -0.15) is 0 Å². The summed E-state index contributed by atoms with van der Waals surface area (Å²) >= 11 is 6.19. The summed E-state index contributed by atoms with van der Waals surface area (Å²) in [5, 5.41) is 0.779. The van der Waals surface area contributed by atoms with E-state index in [1.165, 1.54) is 5.56 Å². The van der Waals surface area contributed by atoms with Gasteiger partial charge in [0, 0.05) is 22.2 Å². The highest BCUT2D eigenvalue weighted by molar-refractivity contribution is 6.30. The van der Waals surface area contributed by atoms with Crippen molar-refractivity contribution in [3.05, 3.63) is 70.9 Å². The van der Waals surface area contributed by atoms with Gasteiger partial charge in [-0.05, 0) is 29.0 Å². The SMILES string of the molecule is CC1(C)C(c2cccc(Cl)c2)C1c1[nH]c(N)nc1-c1ccccc1. The minimum Gasteiger partial charge on any atom is -0.369 e. The van der Waals surface area contributed by atoms with E-state index in [1.807, 2.05) is 30.3 Å². The van der Waals surface area contributed by atoms with Crippen molar-refractivity contribution in [1.29, 1.82) is 0 Å². The standard InChI is InChI=1S/C20H20ClN3/c1-20(2)15(13-9-6-10-14(21)11-13)16(20)18-17(23-19(22)24-18)12-7-4-3-5-8-12/h3-11,15-16H,1-2H3,(H3,22,23,24). The molecule has 0 radical (unpaired) electrons. The Bertz CT molecular complexity index is 883. The monoisotopic (exact) mass is 337 g/mol. The lowest BCUT2D eigenvalue weighted by Gasteiger charge is -2.04. The van der Waals surface area contributed by atoms with Crippen molar-refractivity contribution in [2.24, 2.45) is 5.41 Å². The maximum absolute atomic E-state index is 6.19. The van der Waals surface area contributed by atoms with Crippen molar-refractivity contribution in [2.75, 3.05) is 5.73 Å². The molecule has 0 amide bonds. The van der Waals surface area contributed by atoms with Gasteiger partial charge in [-0.25, -0.2) is 4.98 Å². The van der Waals surface area contributed by atoms with E-state index in [1.54, 1.807) is 0 Å². The van der Waals surface area contributed by atoms with Gasteiger partial charge in [0.05, 0.1) is 5.69 Å². The highest BCUT2D eigenvalue weighted by Crippen LogP contribution is 2.70. The molecule has 1 saturated carbocycles. The van der Waals surface area contributed by atoms with Crippen LogP contribution in [0.15, 0.2) is 54.6 Å². The van der Waals surface area contributed by atoms with Crippen LogP contribution in [0.1, 0.15) is 36.9 Å². The highest BCUT2D eigenvalue weighted by atomic mass is 35.5. The third-order valence-electron chi connectivity index (χ3n) is 5.14. The number of hydrogen-bond acceptors (Lipinski definition) is 2. The fourth-order valence-electron chi connectivity index (χ4n) is 3.95. The molecule has 1 aliphatic rings. The molecule has 2 aromatic carbocycles. The fraction of sp³-hybridized carbons (Fsp3) is 0.250. The summed E-state index contributed by atoms with van der Waals surface area (Å²) in [5.41, 5.74) is 10.6. The number of nitrogen functional groups attached to an aromatic ring is 1. The summed E-state index contributed by atoms with van der Waals surface area (Å²) < 4.78 is 0. The van der Waals surface area contributed by atoms with Crippen LogP contribution in [0.4, 0.5) is 5.95 Å². The van der Waals surface area contributed by atoms with Crippen molar-refractivity contribution in [3.63, 3.8) is 0 Å². The second-order valence-electron chi connectivity index (χ2n) is 7.08. The van der Waals surface area contributed by atoms with E-state index in [9.17, 15) is 0 Å². The lowest BCUT2D eigenvalue weighted by molar-refractivity contribution is 0.599. The normalized spacial score (nSPS) is 21.6. The van der Waals surface area contributed by atoms with Crippen LogP contribution in [0.2, 0.25) is 5.02 Å². The van der Waals surface area contributed by atoms with E-state index in [-0.39, 0.29) is 5.41 Å². The molecule has 0 bridgehead atoms. The van der Waals surface area contributed by atoms with Crippen molar-refractivity contribution >= 4 is 17.5 Å². The van der Waals surface area contributed by atoms with Crippen molar-refractivity contribution in [3.8, 4) is 11.3 Å². The van der Waals surface area contributed by atoms with E-state index in [4.69, 9.17) is 17.3 Å². The second kappa shape index (κ2) is 5.38. The molecule has 4 rings (SSSR count). The van der Waals surface area contributed by atoms with Crippen LogP contribution in [-0.2, 0) is 0 Å².